The zero-order valence-corrected chi connectivity index (χ0v) is 7.46. The molecule has 2 saturated carbocycles. The van der Waals surface area contributed by atoms with Crippen LogP contribution >= 0.6 is 0 Å². The molecule has 2 aliphatic rings. The van der Waals surface area contributed by atoms with Crippen LogP contribution in [-0.4, -0.2) is 11.2 Å². The van der Waals surface area contributed by atoms with Gasteiger partial charge >= 0.3 is 0 Å². The largest absolute Gasteiger partial charge is 0.393 e. The Balaban J connectivity index is 1.86. The first-order valence-corrected chi connectivity index (χ1v) is 4.86. The minimum absolute atomic E-state index is 0.0252. The molecule has 2 fully saturated rings. The smallest absolute Gasteiger partial charge is 0.0591 e. The van der Waals surface area contributed by atoms with Crippen molar-refractivity contribution in [1.29, 1.82) is 0 Å². The molecule has 3 atom stereocenters. The van der Waals surface area contributed by atoms with E-state index in [-0.39, 0.29) is 6.10 Å². The lowest BCUT2D eigenvalue weighted by molar-refractivity contribution is 0.0616. The van der Waals surface area contributed by atoms with E-state index in [1.165, 1.54) is 19.3 Å². The van der Waals surface area contributed by atoms with Crippen LogP contribution in [0.1, 0.15) is 33.1 Å². The number of hydrogen-bond acceptors (Lipinski definition) is 1. The molecular formula is C10H18O. The minimum Gasteiger partial charge on any atom is -0.393 e. The van der Waals surface area contributed by atoms with Crippen LogP contribution in [0.2, 0.25) is 0 Å². The summed E-state index contributed by atoms with van der Waals surface area (Å²) in [4.78, 5) is 0. The third kappa shape index (κ3) is 1.31. The van der Waals surface area contributed by atoms with Crippen LogP contribution in [0.3, 0.4) is 0 Å². The molecule has 0 radical (unpaired) electrons. The van der Waals surface area contributed by atoms with Crippen LogP contribution in [0.5, 0.6) is 0 Å². The van der Waals surface area contributed by atoms with Gasteiger partial charge in [-0.25, -0.2) is 0 Å². The van der Waals surface area contributed by atoms with E-state index < -0.39 is 0 Å². The van der Waals surface area contributed by atoms with Gasteiger partial charge in [-0.3, -0.25) is 0 Å². The molecule has 1 N–H and O–H groups in total. The summed E-state index contributed by atoms with van der Waals surface area (Å²) in [6, 6.07) is 0. The van der Waals surface area contributed by atoms with Crippen LogP contribution in [-0.2, 0) is 0 Å². The van der Waals surface area contributed by atoms with Crippen molar-refractivity contribution >= 4 is 0 Å². The fourth-order valence-electron chi connectivity index (χ4n) is 2.58. The summed E-state index contributed by atoms with van der Waals surface area (Å²) in [7, 11) is 0. The summed E-state index contributed by atoms with van der Waals surface area (Å²) in [6.07, 6.45) is 4.05. The molecule has 1 nitrogen and oxygen atoms in total. The third-order valence-corrected chi connectivity index (χ3v) is 3.45. The summed E-state index contributed by atoms with van der Waals surface area (Å²) in [5, 5.41) is 9.76. The molecular weight excluding hydrogens is 136 g/mol. The van der Waals surface area contributed by atoms with Crippen molar-refractivity contribution < 1.29 is 5.11 Å². The van der Waals surface area contributed by atoms with Gasteiger partial charge in [-0.15, -0.1) is 0 Å². The van der Waals surface area contributed by atoms with Crippen LogP contribution in [0, 0.1) is 23.7 Å². The van der Waals surface area contributed by atoms with Crippen molar-refractivity contribution in [1.82, 2.24) is 0 Å². The first kappa shape index (κ1) is 7.60. The number of rotatable bonds is 2. The van der Waals surface area contributed by atoms with Gasteiger partial charge in [0.15, 0.2) is 0 Å². The average Bonchev–Trinajstić information content (AvgIpc) is 2.57. The maximum Gasteiger partial charge on any atom is 0.0591 e. The van der Waals surface area contributed by atoms with Gasteiger partial charge in [0, 0.05) is 0 Å². The predicted octanol–water partition coefficient (Wildman–Crippen LogP) is 2.05. The van der Waals surface area contributed by atoms with E-state index in [2.05, 4.69) is 13.8 Å². The summed E-state index contributed by atoms with van der Waals surface area (Å²) < 4.78 is 0. The van der Waals surface area contributed by atoms with E-state index in [9.17, 15) is 5.11 Å². The number of aliphatic hydroxyl groups is 1. The molecule has 0 saturated heterocycles. The minimum atomic E-state index is -0.0252. The second-order valence-electron chi connectivity index (χ2n) is 4.72. The van der Waals surface area contributed by atoms with Crippen molar-refractivity contribution in [3.05, 3.63) is 0 Å². The van der Waals surface area contributed by atoms with E-state index in [1.807, 2.05) is 0 Å². The van der Waals surface area contributed by atoms with Gasteiger partial charge in [0.25, 0.3) is 0 Å². The maximum atomic E-state index is 9.76. The Hall–Kier alpha value is -0.0400. The highest BCUT2D eigenvalue weighted by atomic mass is 16.3. The Morgan fingerprint density at radius 2 is 1.64 bits per heavy atom. The van der Waals surface area contributed by atoms with Gasteiger partial charge in [-0.1, -0.05) is 13.8 Å². The molecule has 2 rings (SSSR count). The molecule has 2 aliphatic carbocycles. The molecule has 0 bridgehead atoms. The maximum absolute atomic E-state index is 9.76. The van der Waals surface area contributed by atoms with Crippen molar-refractivity contribution in [3.8, 4) is 0 Å². The lowest BCUT2D eigenvalue weighted by Gasteiger charge is -2.22. The highest BCUT2D eigenvalue weighted by Gasteiger charge is 2.47. The monoisotopic (exact) mass is 154 g/mol. The van der Waals surface area contributed by atoms with Crippen LogP contribution < -0.4 is 0 Å². The molecule has 0 aliphatic heterocycles. The summed E-state index contributed by atoms with van der Waals surface area (Å²) in [5.41, 5.74) is 0. The molecule has 0 amide bonds. The average molecular weight is 154 g/mol. The molecule has 0 heterocycles. The van der Waals surface area contributed by atoms with Gasteiger partial charge in [0.2, 0.25) is 0 Å². The third-order valence-electron chi connectivity index (χ3n) is 3.45. The first-order valence-electron chi connectivity index (χ1n) is 4.86. The van der Waals surface area contributed by atoms with Crippen molar-refractivity contribution in [2.45, 2.75) is 39.2 Å². The standard InChI is InChI=1S/C10H18O/c1-6(2)10(11)9-4-7-3-8(7)5-9/h6-11H,3-5H2,1-2H3. The Kier molecular flexibility index (Phi) is 1.71. The zero-order chi connectivity index (χ0) is 8.01. The topological polar surface area (TPSA) is 20.2 Å². The first-order chi connectivity index (χ1) is 5.18. The van der Waals surface area contributed by atoms with E-state index >= 15 is 0 Å². The molecule has 64 valence electrons. The lowest BCUT2D eigenvalue weighted by Crippen LogP contribution is -2.24. The molecule has 0 aromatic carbocycles. The molecule has 1 heteroatoms. The highest BCUT2D eigenvalue weighted by Crippen LogP contribution is 2.55. The molecule has 3 unspecified atom stereocenters. The molecule has 0 spiro atoms. The zero-order valence-electron chi connectivity index (χ0n) is 7.46. The van der Waals surface area contributed by atoms with E-state index in [4.69, 9.17) is 0 Å². The second-order valence-corrected chi connectivity index (χ2v) is 4.72. The van der Waals surface area contributed by atoms with E-state index in [1.54, 1.807) is 0 Å². The Bertz CT molecular complexity index is 143. The van der Waals surface area contributed by atoms with Crippen molar-refractivity contribution in [3.63, 3.8) is 0 Å². The SMILES string of the molecule is CC(C)C(O)C1CC2CC2C1. The van der Waals surface area contributed by atoms with Crippen LogP contribution in [0.4, 0.5) is 0 Å². The fourth-order valence-corrected chi connectivity index (χ4v) is 2.58. The number of aliphatic hydroxyl groups excluding tert-OH is 1. The quantitative estimate of drug-likeness (QED) is 0.645. The van der Waals surface area contributed by atoms with Gasteiger partial charge < -0.3 is 5.11 Å². The summed E-state index contributed by atoms with van der Waals surface area (Å²) in [5.74, 6) is 3.11. The second kappa shape index (κ2) is 2.48. The Labute approximate surface area is 68.8 Å². The lowest BCUT2D eigenvalue weighted by atomic mass is 9.90. The van der Waals surface area contributed by atoms with Gasteiger partial charge in [0.05, 0.1) is 6.10 Å². The molecule has 11 heavy (non-hydrogen) atoms. The molecule has 0 aromatic rings. The Morgan fingerprint density at radius 1 is 1.09 bits per heavy atom. The fraction of sp³-hybridized carbons (Fsp3) is 1.00. The Morgan fingerprint density at radius 3 is 2.09 bits per heavy atom. The molecule has 0 aromatic heterocycles. The van der Waals surface area contributed by atoms with Crippen molar-refractivity contribution in [2.75, 3.05) is 0 Å². The van der Waals surface area contributed by atoms with Crippen LogP contribution in [0.25, 0.3) is 0 Å². The van der Waals surface area contributed by atoms with Gasteiger partial charge in [-0.2, -0.15) is 0 Å². The van der Waals surface area contributed by atoms with Gasteiger partial charge in [-0.05, 0) is 42.9 Å². The predicted molar refractivity (Wildman–Crippen MR) is 45.2 cm³/mol. The summed E-state index contributed by atoms with van der Waals surface area (Å²) >= 11 is 0. The summed E-state index contributed by atoms with van der Waals surface area (Å²) in [6.45, 7) is 4.24. The van der Waals surface area contributed by atoms with E-state index in [0.29, 0.717) is 11.8 Å². The van der Waals surface area contributed by atoms with Crippen LogP contribution in [0.15, 0.2) is 0 Å². The number of fused-ring (bicyclic) bond motifs is 1. The normalized spacial score (nSPS) is 44.2. The van der Waals surface area contributed by atoms with Crippen molar-refractivity contribution in [2.24, 2.45) is 23.7 Å². The van der Waals surface area contributed by atoms with E-state index in [0.717, 1.165) is 11.8 Å². The number of hydrogen-bond donors (Lipinski definition) is 1. The van der Waals surface area contributed by atoms with Gasteiger partial charge in [0.1, 0.15) is 0 Å². The highest BCUT2D eigenvalue weighted by molar-refractivity contribution is 4.98.